The number of fused-ring (bicyclic) bond motifs is 1. The van der Waals surface area contributed by atoms with Gasteiger partial charge in [-0.2, -0.15) is 0 Å². The van der Waals surface area contributed by atoms with E-state index >= 15 is 0 Å². The van der Waals surface area contributed by atoms with E-state index < -0.39 is 78.1 Å². The van der Waals surface area contributed by atoms with Gasteiger partial charge in [0.05, 0.1) is 48.5 Å². The molecule has 20 heteroatoms. The Labute approximate surface area is 398 Å². The number of anilines is 1. The number of unbranched alkanes of at least 4 members (excludes halogenated alkanes) is 1. The summed E-state index contributed by atoms with van der Waals surface area (Å²) in [4.78, 5) is 50.3. The topological polar surface area (TPSA) is 236 Å². The van der Waals surface area contributed by atoms with Gasteiger partial charge in [0.25, 0.3) is 0 Å². The number of ketones is 1. The summed E-state index contributed by atoms with van der Waals surface area (Å²) in [5.74, 6) is -3.29. The number of nitrogen functional groups attached to an aromatic ring is 1. The van der Waals surface area contributed by atoms with Crippen molar-refractivity contribution < 1.29 is 43.2 Å². The quantitative estimate of drug-likeness (QED) is 0.0702. The molecule has 0 aliphatic carbocycles. The van der Waals surface area contributed by atoms with Crippen LogP contribution in [0.1, 0.15) is 73.1 Å². The monoisotopic (exact) mass is 944 g/mol. The predicted molar refractivity (Wildman–Crippen MR) is 250 cm³/mol. The minimum Gasteiger partial charge on any atom is -0.458 e. The van der Waals surface area contributed by atoms with Gasteiger partial charge in [-0.25, -0.2) is 9.48 Å². The van der Waals surface area contributed by atoms with Crippen LogP contribution in [-0.4, -0.2) is 163 Å². The van der Waals surface area contributed by atoms with Crippen LogP contribution in [0.4, 0.5) is 10.5 Å². The Morgan fingerprint density at radius 2 is 1.72 bits per heavy atom. The molecular formula is C48H69N11O9. The Hall–Kier alpha value is -5.38. The maximum Gasteiger partial charge on any atom is 0.410 e. The van der Waals surface area contributed by atoms with Crippen LogP contribution in [0.5, 0.6) is 0 Å². The Morgan fingerprint density at radius 1 is 0.971 bits per heavy atom. The number of esters is 1. The van der Waals surface area contributed by atoms with Crippen LogP contribution in [-0.2, 0) is 46.4 Å². The van der Waals surface area contributed by atoms with Crippen LogP contribution in [0.2, 0.25) is 0 Å². The second-order valence-electron chi connectivity index (χ2n) is 18.9. The lowest BCUT2D eigenvalue weighted by molar-refractivity contribution is -0.298. The van der Waals surface area contributed by atoms with Gasteiger partial charge in [0.2, 0.25) is 0 Å². The zero-order valence-electron chi connectivity index (χ0n) is 40.5. The maximum atomic E-state index is 14.6. The second kappa shape index (κ2) is 22.4. The molecule has 1 aromatic carbocycles. The number of hydrogen-bond donors (Lipinski definition) is 3. The maximum absolute atomic E-state index is 14.6. The van der Waals surface area contributed by atoms with Gasteiger partial charge < -0.3 is 44.7 Å². The van der Waals surface area contributed by atoms with E-state index in [1.807, 2.05) is 88.4 Å². The molecule has 0 bridgehead atoms. The summed E-state index contributed by atoms with van der Waals surface area (Å²) in [5, 5.41) is 32.7. The van der Waals surface area contributed by atoms with E-state index in [9.17, 15) is 19.5 Å². The van der Waals surface area contributed by atoms with Gasteiger partial charge in [-0.05, 0) is 104 Å². The van der Waals surface area contributed by atoms with Gasteiger partial charge in [-0.3, -0.25) is 24.2 Å². The third-order valence-corrected chi connectivity index (χ3v) is 13.8. The lowest BCUT2D eigenvalue weighted by Crippen LogP contribution is -2.59. The highest BCUT2D eigenvalue weighted by molar-refractivity contribution is 6.00. The number of carbonyl (C=O) groups is 3. The summed E-state index contributed by atoms with van der Waals surface area (Å²) in [6.45, 7) is 10.8. The van der Waals surface area contributed by atoms with Crippen molar-refractivity contribution in [1.82, 2.24) is 50.1 Å². The van der Waals surface area contributed by atoms with Crippen molar-refractivity contribution in [2.75, 3.05) is 40.0 Å². The molecule has 6 heterocycles. The number of benzene rings is 1. The van der Waals surface area contributed by atoms with E-state index in [-0.39, 0.29) is 12.1 Å². The van der Waals surface area contributed by atoms with Gasteiger partial charge >= 0.3 is 12.1 Å². The molecule has 12 atom stereocenters. The molecule has 4 aromatic rings. The van der Waals surface area contributed by atoms with Gasteiger partial charge in [0.15, 0.2) is 18.2 Å². The number of rotatable bonds is 14. The summed E-state index contributed by atoms with van der Waals surface area (Å²) in [6, 6.07) is 11.9. The van der Waals surface area contributed by atoms with Crippen molar-refractivity contribution in [1.29, 1.82) is 0 Å². The van der Waals surface area contributed by atoms with Gasteiger partial charge in [-0.15, -0.1) is 10.2 Å². The fourth-order valence-electron chi connectivity index (χ4n) is 9.81. The first-order valence-corrected chi connectivity index (χ1v) is 23.8. The number of likely N-dealkylation sites (N-methyl/N-ethyl adjacent to an activating group) is 1. The number of nitrogens with two attached hydrogens (primary N) is 1. The average molecular weight is 944 g/mol. The third kappa shape index (κ3) is 11.5. The first-order chi connectivity index (χ1) is 32.6. The molecule has 68 heavy (non-hydrogen) atoms. The van der Waals surface area contributed by atoms with Crippen LogP contribution < -0.4 is 11.1 Å². The van der Waals surface area contributed by atoms with Crippen LogP contribution in [0, 0.1) is 11.8 Å². The van der Waals surface area contributed by atoms with Crippen molar-refractivity contribution in [2.45, 2.75) is 147 Å². The Morgan fingerprint density at radius 3 is 2.44 bits per heavy atom. The number of methoxy groups -OCH3 is 1. The summed E-state index contributed by atoms with van der Waals surface area (Å²) in [5.41, 5.74) is 8.42. The van der Waals surface area contributed by atoms with E-state index in [1.165, 1.54) is 6.92 Å². The molecule has 0 saturated carbocycles. The van der Waals surface area contributed by atoms with Gasteiger partial charge in [0.1, 0.15) is 29.5 Å². The number of carbonyl (C=O) groups excluding carboxylic acids is 3. The number of aliphatic hydroxyl groups excluding tert-OH is 1. The Bertz CT molecular complexity index is 2300. The Balaban J connectivity index is 1.06. The second-order valence-corrected chi connectivity index (χ2v) is 18.9. The van der Waals surface area contributed by atoms with Crippen molar-refractivity contribution in [2.24, 2.45) is 11.8 Å². The zero-order valence-corrected chi connectivity index (χ0v) is 40.5. The molecule has 2 unspecified atom stereocenters. The van der Waals surface area contributed by atoms with Crippen LogP contribution in [0.3, 0.4) is 0 Å². The molecule has 1 amide bonds. The summed E-state index contributed by atoms with van der Waals surface area (Å²) < 4.78 is 35.3. The fourth-order valence-corrected chi connectivity index (χ4v) is 9.81. The number of hydrogen-bond acceptors (Lipinski definition) is 17. The molecule has 3 aromatic heterocycles. The molecule has 3 aliphatic heterocycles. The molecular weight excluding hydrogens is 875 g/mol. The normalized spacial score (nSPS) is 30.9. The van der Waals surface area contributed by atoms with Crippen molar-refractivity contribution >= 4 is 23.5 Å². The van der Waals surface area contributed by atoms with Crippen LogP contribution in [0.25, 0.3) is 22.6 Å². The SMILES string of the molecule is CC[C@H]1OC(=O)[C@H](C)C(=O)[C@H](C)[C@@H](O[C@@H]2O[C@H](Cn3cc(-c4ccccn4)nn3)CC(N(C)C)C2O)[C@](C)(OC)CCCN[C@H](C)[C@@H]2[C@@H]1OC(=O)N2CCCCn1cc(-c2cccc(N)c2)nn1. The molecule has 370 valence electrons. The fraction of sp³-hybridized carbons (Fsp3) is 0.625. The first kappa shape index (κ1) is 50.5. The molecule has 3 fully saturated rings. The Kier molecular flexibility index (Phi) is 16.6. The van der Waals surface area contributed by atoms with E-state index in [0.717, 1.165) is 11.3 Å². The van der Waals surface area contributed by atoms with Crippen molar-refractivity contribution in [3.05, 3.63) is 61.1 Å². The number of aryl methyl sites for hydroxylation is 1. The van der Waals surface area contributed by atoms with Crippen LogP contribution >= 0.6 is 0 Å². The van der Waals surface area contributed by atoms with E-state index in [4.69, 9.17) is 29.4 Å². The molecule has 0 spiro atoms. The highest BCUT2D eigenvalue weighted by atomic mass is 16.7. The smallest absolute Gasteiger partial charge is 0.410 e. The van der Waals surface area contributed by atoms with Crippen molar-refractivity contribution in [3.63, 3.8) is 0 Å². The largest absolute Gasteiger partial charge is 0.458 e. The molecule has 20 nitrogen and oxygen atoms in total. The molecule has 4 N–H and O–H groups in total. The number of nitrogens with zero attached hydrogens (tertiary/aromatic N) is 9. The summed E-state index contributed by atoms with van der Waals surface area (Å²) >= 11 is 0. The van der Waals surface area contributed by atoms with Gasteiger partial charge in [-0.1, -0.05) is 42.5 Å². The number of nitrogens with one attached hydrogen (secondary N) is 1. The third-order valence-electron chi connectivity index (χ3n) is 13.8. The number of pyridine rings is 1. The van der Waals surface area contributed by atoms with Crippen molar-refractivity contribution in [3.8, 4) is 22.6 Å². The zero-order chi connectivity index (χ0) is 48.7. The molecule has 7 rings (SSSR count). The number of aromatic nitrogens is 7. The number of aliphatic hydroxyl groups is 1. The number of Topliss-reactive ketones (excluding diaryl/α,β-unsaturated/α-hetero) is 1. The minimum absolute atomic E-state index is 0.282. The standard InChI is InChI=1S/C48H69N11O9/c1-9-39-43-40(59(47(63)67-43)23-13-12-22-57-27-36(52-54-57)32-16-14-17-33(49)24-32)31(4)50-21-15-19-48(5,64-8)44(29(2)41(60)30(3)45(62)66-39)68-46-42(61)38(56(6)7)25-34(65-46)26-58-28-37(53-55-58)35-18-10-11-20-51-35/h10-11,14,16-18,20,24,27-31,34,38-40,42-44,46,50,61H,9,12-13,15,19,21-23,25-26,49H2,1-8H3/t29-,30+,31+,34-,38?,39+,40+,42?,43+,44+,46-,48+/m0/s1. The summed E-state index contributed by atoms with van der Waals surface area (Å²) in [7, 11) is 5.34. The molecule has 0 radical (unpaired) electrons. The number of ether oxygens (including phenoxy) is 5. The van der Waals surface area contributed by atoms with E-state index in [2.05, 4.69) is 30.9 Å². The lowest BCUT2D eigenvalue weighted by atomic mass is 9.80. The van der Waals surface area contributed by atoms with E-state index in [0.29, 0.717) is 81.8 Å². The number of cyclic esters (lactones) is 1. The number of amides is 1. The molecule has 3 aliphatic rings. The van der Waals surface area contributed by atoms with E-state index in [1.54, 1.807) is 40.7 Å². The highest BCUT2D eigenvalue weighted by Gasteiger charge is 2.51. The predicted octanol–water partition coefficient (Wildman–Crippen LogP) is 3.98. The lowest BCUT2D eigenvalue weighted by Gasteiger charge is -2.46. The van der Waals surface area contributed by atoms with Crippen LogP contribution in [0.15, 0.2) is 61.1 Å². The highest BCUT2D eigenvalue weighted by Crippen LogP contribution is 2.36. The summed E-state index contributed by atoms with van der Waals surface area (Å²) in [6.07, 6.45) is 2.73. The first-order valence-electron chi connectivity index (χ1n) is 23.8. The average Bonchev–Trinajstić information content (AvgIpc) is 4.09. The molecule has 3 saturated heterocycles. The minimum atomic E-state index is -1.21. The van der Waals surface area contributed by atoms with Gasteiger partial charge in [0, 0.05) is 55.6 Å².